The highest BCUT2D eigenvalue weighted by Crippen LogP contribution is 2.13. The predicted octanol–water partition coefficient (Wildman–Crippen LogP) is 2.98. The quantitative estimate of drug-likeness (QED) is 0.849. The minimum Gasteiger partial charge on any atom is -0.337 e. The van der Waals surface area contributed by atoms with Crippen molar-refractivity contribution in [3.05, 3.63) is 71.0 Å². The van der Waals surface area contributed by atoms with E-state index in [2.05, 4.69) is 0 Å². The number of benzene rings is 2. The Kier molecular flexibility index (Phi) is 5.44. The molecule has 0 radical (unpaired) electrons. The highest BCUT2D eigenvalue weighted by molar-refractivity contribution is 7.83. The van der Waals surface area contributed by atoms with Gasteiger partial charge in [-0.2, -0.15) is 0 Å². The van der Waals surface area contributed by atoms with E-state index in [9.17, 15) is 13.4 Å². The van der Waals surface area contributed by atoms with Crippen molar-refractivity contribution < 1.29 is 13.4 Å². The Morgan fingerprint density at radius 3 is 2.59 bits per heavy atom. The van der Waals surface area contributed by atoms with Crippen molar-refractivity contribution in [2.45, 2.75) is 12.3 Å². The Balaban J connectivity index is 2.13. The van der Waals surface area contributed by atoms with Gasteiger partial charge in [-0.1, -0.05) is 30.3 Å². The van der Waals surface area contributed by atoms with Crippen molar-refractivity contribution in [1.29, 1.82) is 0 Å². The number of carbonyl (C=O) groups excluding carboxylic acids is 1. The van der Waals surface area contributed by atoms with Crippen LogP contribution in [0.1, 0.15) is 21.5 Å². The molecule has 0 aliphatic carbocycles. The normalized spacial score (nSPS) is 12.0. The molecule has 2 aromatic rings. The van der Waals surface area contributed by atoms with E-state index in [1.165, 1.54) is 11.0 Å². The van der Waals surface area contributed by atoms with Gasteiger partial charge in [-0.25, -0.2) is 4.39 Å². The Morgan fingerprint density at radius 2 is 1.91 bits per heavy atom. The summed E-state index contributed by atoms with van der Waals surface area (Å²) in [5.74, 6) is -0.0951. The Morgan fingerprint density at radius 1 is 1.18 bits per heavy atom. The molecule has 3 nitrogen and oxygen atoms in total. The van der Waals surface area contributed by atoms with Gasteiger partial charge < -0.3 is 4.90 Å². The number of rotatable bonds is 5. The molecule has 0 bridgehead atoms. The predicted molar refractivity (Wildman–Crippen MR) is 86.4 cm³/mol. The Labute approximate surface area is 132 Å². The molecule has 2 rings (SSSR count). The average molecular weight is 319 g/mol. The molecule has 0 spiro atoms. The Bertz CT molecular complexity index is 703. The van der Waals surface area contributed by atoms with Gasteiger partial charge >= 0.3 is 0 Å². The zero-order valence-corrected chi connectivity index (χ0v) is 13.4. The monoisotopic (exact) mass is 319 g/mol. The second-order valence-electron chi connectivity index (χ2n) is 5.17. The van der Waals surface area contributed by atoms with Gasteiger partial charge in [0.25, 0.3) is 5.91 Å². The minimum atomic E-state index is -0.958. The minimum absolute atomic E-state index is 0.188. The van der Waals surface area contributed by atoms with E-state index in [0.717, 1.165) is 5.56 Å². The molecule has 1 unspecified atom stereocenters. The Hall–Kier alpha value is -2.01. The first kappa shape index (κ1) is 16.4. The van der Waals surface area contributed by atoms with Crippen molar-refractivity contribution >= 4 is 16.7 Å². The molecule has 1 atom stereocenters. The third-order valence-electron chi connectivity index (χ3n) is 3.26. The molecule has 0 heterocycles. The number of halogens is 1. The molecule has 22 heavy (non-hydrogen) atoms. The zero-order valence-electron chi connectivity index (χ0n) is 12.6. The maximum Gasteiger partial charge on any atom is 0.253 e. The first-order valence-electron chi connectivity index (χ1n) is 6.85. The van der Waals surface area contributed by atoms with Crippen molar-refractivity contribution in [2.75, 3.05) is 13.3 Å². The van der Waals surface area contributed by atoms with Gasteiger partial charge in [-0.05, 0) is 23.8 Å². The first-order chi connectivity index (χ1) is 10.5. The van der Waals surface area contributed by atoms with E-state index in [1.54, 1.807) is 49.7 Å². The molecule has 0 aromatic heterocycles. The summed E-state index contributed by atoms with van der Waals surface area (Å²) in [5.41, 5.74) is 1.84. The van der Waals surface area contributed by atoms with Gasteiger partial charge in [0.05, 0.1) is 0 Å². The number of hydrogen-bond acceptors (Lipinski definition) is 2. The summed E-state index contributed by atoms with van der Waals surface area (Å²) in [6.45, 7) is 0.204. The lowest BCUT2D eigenvalue weighted by atomic mass is 10.1. The van der Waals surface area contributed by atoms with E-state index in [-0.39, 0.29) is 18.3 Å². The van der Waals surface area contributed by atoms with Crippen LogP contribution in [0.2, 0.25) is 0 Å². The van der Waals surface area contributed by atoms with Crippen LogP contribution in [0.15, 0.2) is 48.5 Å². The maximum absolute atomic E-state index is 13.7. The molecule has 0 aliphatic heterocycles. The van der Waals surface area contributed by atoms with Crippen molar-refractivity contribution in [3.63, 3.8) is 0 Å². The maximum atomic E-state index is 13.7. The van der Waals surface area contributed by atoms with E-state index in [0.29, 0.717) is 16.9 Å². The van der Waals surface area contributed by atoms with E-state index in [1.807, 2.05) is 6.07 Å². The summed E-state index contributed by atoms with van der Waals surface area (Å²) >= 11 is 0. The van der Waals surface area contributed by atoms with Crippen LogP contribution < -0.4 is 0 Å². The van der Waals surface area contributed by atoms with Crippen molar-refractivity contribution in [2.24, 2.45) is 0 Å². The lowest BCUT2D eigenvalue weighted by Crippen LogP contribution is -2.26. The van der Waals surface area contributed by atoms with Crippen LogP contribution in [0.25, 0.3) is 0 Å². The molecule has 0 N–H and O–H groups in total. The third kappa shape index (κ3) is 4.24. The molecule has 0 fully saturated rings. The SMILES string of the molecule is CN(Cc1ccccc1F)C(=O)c1cccc(CS(C)=O)c1. The summed E-state index contributed by atoms with van der Waals surface area (Å²) in [6.07, 6.45) is 1.62. The molecule has 5 heteroatoms. The fraction of sp³-hybridized carbons (Fsp3) is 0.235. The molecular formula is C17H18FNO2S. The summed E-state index contributed by atoms with van der Waals surface area (Å²) in [7, 11) is 0.680. The number of carbonyl (C=O) groups is 1. The van der Waals surface area contributed by atoms with E-state index >= 15 is 0 Å². The number of hydrogen-bond donors (Lipinski definition) is 0. The zero-order chi connectivity index (χ0) is 16.1. The third-order valence-corrected chi connectivity index (χ3v) is 4.00. The standard InChI is InChI=1S/C17H18FNO2S/c1-19(11-15-7-3-4-9-16(15)18)17(20)14-8-5-6-13(10-14)12-22(2)21/h3-10H,11-12H2,1-2H3. The summed E-state index contributed by atoms with van der Waals surface area (Å²) in [4.78, 5) is 13.9. The van der Waals surface area contributed by atoms with E-state index in [4.69, 9.17) is 0 Å². The van der Waals surface area contributed by atoms with Gasteiger partial charge in [-0.3, -0.25) is 9.00 Å². The van der Waals surface area contributed by atoms with Gasteiger partial charge in [-0.15, -0.1) is 0 Å². The summed E-state index contributed by atoms with van der Waals surface area (Å²) in [5, 5.41) is 0. The number of amides is 1. The highest BCUT2D eigenvalue weighted by Gasteiger charge is 2.14. The molecule has 0 saturated carbocycles. The molecule has 1 amide bonds. The second-order valence-corrected chi connectivity index (χ2v) is 6.61. The molecule has 116 valence electrons. The van der Waals surface area contributed by atoms with Crippen LogP contribution in [0, 0.1) is 5.82 Å². The van der Waals surface area contributed by atoms with Gasteiger partial charge in [0.15, 0.2) is 0 Å². The van der Waals surface area contributed by atoms with Crippen LogP contribution in [0.4, 0.5) is 4.39 Å². The largest absolute Gasteiger partial charge is 0.337 e. The van der Waals surface area contributed by atoms with Crippen molar-refractivity contribution in [3.8, 4) is 0 Å². The molecule has 0 saturated heterocycles. The fourth-order valence-corrected chi connectivity index (χ4v) is 2.85. The van der Waals surface area contributed by atoms with Crippen LogP contribution in [0.3, 0.4) is 0 Å². The van der Waals surface area contributed by atoms with Gasteiger partial charge in [0.1, 0.15) is 5.82 Å². The molecule has 0 aliphatic rings. The summed E-state index contributed by atoms with van der Waals surface area (Å²) < 4.78 is 24.9. The van der Waals surface area contributed by atoms with Crippen LogP contribution >= 0.6 is 0 Å². The molecular weight excluding hydrogens is 301 g/mol. The summed E-state index contributed by atoms with van der Waals surface area (Å²) in [6, 6.07) is 13.5. The number of nitrogens with zero attached hydrogens (tertiary/aromatic N) is 1. The topological polar surface area (TPSA) is 37.4 Å². The van der Waals surface area contributed by atoms with Crippen LogP contribution in [-0.2, 0) is 23.1 Å². The van der Waals surface area contributed by atoms with Crippen LogP contribution in [-0.4, -0.2) is 28.3 Å². The van der Waals surface area contributed by atoms with Crippen LogP contribution in [0.5, 0.6) is 0 Å². The van der Waals surface area contributed by atoms with Crippen molar-refractivity contribution in [1.82, 2.24) is 4.90 Å². The average Bonchev–Trinajstić information content (AvgIpc) is 2.48. The highest BCUT2D eigenvalue weighted by atomic mass is 32.2. The van der Waals surface area contributed by atoms with E-state index < -0.39 is 10.8 Å². The first-order valence-corrected chi connectivity index (χ1v) is 8.58. The lowest BCUT2D eigenvalue weighted by Gasteiger charge is -2.18. The smallest absolute Gasteiger partial charge is 0.253 e. The van der Waals surface area contributed by atoms with Gasteiger partial charge in [0.2, 0.25) is 0 Å². The lowest BCUT2D eigenvalue weighted by molar-refractivity contribution is 0.0783. The fourth-order valence-electron chi connectivity index (χ4n) is 2.20. The van der Waals surface area contributed by atoms with Gasteiger partial charge in [0, 0.05) is 47.5 Å². The second kappa shape index (κ2) is 7.31. The molecule has 2 aromatic carbocycles.